The minimum Gasteiger partial charge on any atom is -0.458 e. The Morgan fingerprint density at radius 1 is 1.00 bits per heavy atom. The highest BCUT2D eigenvalue weighted by Crippen LogP contribution is 2.12. The van der Waals surface area contributed by atoms with Gasteiger partial charge in [-0.25, -0.2) is 9.59 Å². The molecule has 5 heteroatoms. The summed E-state index contributed by atoms with van der Waals surface area (Å²) < 4.78 is 15.7. The molecule has 0 N–H and O–H groups in total. The minimum atomic E-state index is -0.970. The Bertz CT molecular complexity index is 490. The molecule has 1 aromatic carbocycles. The Morgan fingerprint density at radius 2 is 1.59 bits per heavy atom. The van der Waals surface area contributed by atoms with Crippen LogP contribution in [0.15, 0.2) is 30.3 Å². The first-order chi connectivity index (χ1) is 10.2. The van der Waals surface area contributed by atoms with Crippen LogP contribution in [0.5, 0.6) is 0 Å². The van der Waals surface area contributed by atoms with Crippen molar-refractivity contribution in [1.29, 1.82) is 0 Å². The van der Waals surface area contributed by atoms with E-state index in [9.17, 15) is 9.59 Å². The molecule has 1 aromatic rings. The molecule has 22 heavy (non-hydrogen) atoms. The van der Waals surface area contributed by atoms with Crippen molar-refractivity contribution in [3.63, 3.8) is 0 Å². The van der Waals surface area contributed by atoms with Crippen molar-refractivity contribution in [1.82, 2.24) is 0 Å². The lowest BCUT2D eigenvalue weighted by molar-refractivity contribution is -0.178. The topological polar surface area (TPSA) is 61.8 Å². The van der Waals surface area contributed by atoms with Gasteiger partial charge in [0.25, 0.3) is 0 Å². The molecule has 0 radical (unpaired) electrons. The van der Waals surface area contributed by atoms with E-state index in [4.69, 9.17) is 14.2 Å². The van der Waals surface area contributed by atoms with E-state index in [1.54, 1.807) is 6.92 Å². The zero-order valence-corrected chi connectivity index (χ0v) is 13.8. The average molecular weight is 308 g/mol. The van der Waals surface area contributed by atoms with Crippen LogP contribution in [0.1, 0.15) is 40.2 Å². The molecule has 1 rings (SSSR count). The van der Waals surface area contributed by atoms with Gasteiger partial charge < -0.3 is 14.2 Å². The molecule has 0 aliphatic heterocycles. The van der Waals surface area contributed by atoms with Crippen molar-refractivity contribution in [2.75, 3.05) is 0 Å². The second kappa shape index (κ2) is 7.94. The predicted octanol–water partition coefficient (Wildman–Crippen LogP) is 2.87. The molecule has 0 heterocycles. The second-order valence-electron chi connectivity index (χ2n) is 6.04. The van der Waals surface area contributed by atoms with E-state index in [2.05, 4.69) is 0 Å². The molecule has 0 aliphatic carbocycles. The van der Waals surface area contributed by atoms with E-state index >= 15 is 0 Å². The van der Waals surface area contributed by atoms with Crippen LogP contribution in [0.4, 0.5) is 0 Å². The smallest absolute Gasteiger partial charge is 0.347 e. The van der Waals surface area contributed by atoms with Gasteiger partial charge in [-0.3, -0.25) is 0 Å². The number of carbonyl (C=O) groups is 2. The van der Waals surface area contributed by atoms with Crippen LogP contribution in [0, 0.1) is 0 Å². The molecular weight excluding hydrogens is 284 g/mol. The lowest BCUT2D eigenvalue weighted by Gasteiger charge is -2.24. The third kappa shape index (κ3) is 6.72. The van der Waals surface area contributed by atoms with Gasteiger partial charge in [0.2, 0.25) is 0 Å². The molecule has 0 saturated heterocycles. The highest BCUT2D eigenvalue weighted by atomic mass is 16.6. The summed E-state index contributed by atoms with van der Waals surface area (Å²) in [5.74, 6) is -1.17. The molecular formula is C17H24O5. The van der Waals surface area contributed by atoms with Gasteiger partial charge in [-0.05, 0) is 40.2 Å². The van der Waals surface area contributed by atoms with Crippen LogP contribution < -0.4 is 0 Å². The van der Waals surface area contributed by atoms with E-state index < -0.39 is 29.7 Å². The van der Waals surface area contributed by atoms with Crippen LogP contribution in [0.2, 0.25) is 0 Å². The number of ether oxygens (including phenoxy) is 3. The average Bonchev–Trinajstić information content (AvgIpc) is 2.43. The van der Waals surface area contributed by atoms with Crippen molar-refractivity contribution < 1.29 is 23.8 Å². The van der Waals surface area contributed by atoms with Gasteiger partial charge in [0.1, 0.15) is 6.61 Å². The largest absolute Gasteiger partial charge is 0.458 e. The minimum absolute atomic E-state index is 0.148. The fourth-order valence-corrected chi connectivity index (χ4v) is 1.74. The third-order valence-corrected chi connectivity index (χ3v) is 2.71. The van der Waals surface area contributed by atoms with Gasteiger partial charge in [-0.2, -0.15) is 0 Å². The summed E-state index contributed by atoms with van der Waals surface area (Å²) in [7, 11) is 0. The zero-order valence-electron chi connectivity index (χ0n) is 13.8. The molecule has 0 aliphatic rings. The molecule has 2 atom stereocenters. The highest BCUT2D eigenvalue weighted by Gasteiger charge is 2.26. The lowest BCUT2D eigenvalue weighted by Crippen LogP contribution is -2.36. The van der Waals surface area contributed by atoms with E-state index in [1.165, 1.54) is 6.92 Å². The molecule has 0 bridgehead atoms. The number of hydrogen-bond acceptors (Lipinski definition) is 5. The summed E-state index contributed by atoms with van der Waals surface area (Å²) in [6.07, 6.45) is -1.72. The lowest BCUT2D eigenvalue weighted by atomic mass is 10.2. The van der Waals surface area contributed by atoms with Crippen molar-refractivity contribution in [2.45, 2.75) is 59.0 Å². The normalized spacial score (nSPS) is 14.0. The summed E-state index contributed by atoms with van der Waals surface area (Å²) >= 11 is 0. The summed E-state index contributed by atoms with van der Waals surface area (Å²) in [6.45, 7) is 8.75. The van der Waals surface area contributed by atoms with Crippen molar-refractivity contribution in [3.8, 4) is 0 Å². The number of benzene rings is 1. The van der Waals surface area contributed by atoms with Crippen molar-refractivity contribution in [3.05, 3.63) is 35.9 Å². The zero-order chi connectivity index (χ0) is 16.8. The second-order valence-corrected chi connectivity index (χ2v) is 6.04. The van der Waals surface area contributed by atoms with Crippen molar-refractivity contribution >= 4 is 11.9 Å². The third-order valence-electron chi connectivity index (χ3n) is 2.71. The maximum absolute atomic E-state index is 11.9. The highest BCUT2D eigenvalue weighted by molar-refractivity contribution is 5.80. The number of esters is 2. The first-order valence-electron chi connectivity index (χ1n) is 7.28. The number of rotatable bonds is 6. The van der Waals surface area contributed by atoms with E-state index in [0.717, 1.165) is 5.56 Å². The van der Waals surface area contributed by atoms with Gasteiger partial charge in [0.15, 0.2) is 12.2 Å². The Morgan fingerprint density at radius 3 is 2.14 bits per heavy atom. The standard InChI is InChI=1S/C17H24O5/c1-12(21-16(19)13(2)22-17(3,4)5)15(18)20-11-14-9-7-6-8-10-14/h6-10,12-13H,11H2,1-5H3/t12-,13-/m0/s1. The van der Waals surface area contributed by atoms with Crippen LogP contribution in [-0.2, 0) is 30.4 Å². The van der Waals surface area contributed by atoms with E-state index in [1.807, 2.05) is 51.1 Å². The van der Waals surface area contributed by atoms with Crippen LogP contribution in [0.3, 0.4) is 0 Å². The summed E-state index contributed by atoms with van der Waals surface area (Å²) in [5.41, 5.74) is 0.411. The summed E-state index contributed by atoms with van der Waals surface area (Å²) in [6, 6.07) is 9.30. The molecule has 5 nitrogen and oxygen atoms in total. The molecule has 0 saturated carbocycles. The first kappa shape index (κ1) is 18.2. The maximum atomic E-state index is 11.9. The first-order valence-corrected chi connectivity index (χ1v) is 7.28. The van der Waals surface area contributed by atoms with Crippen LogP contribution in [-0.4, -0.2) is 29.7 Å². The maximum Gasteiger partial charge on any atom is 0.347 e. The predicted molar refractivity (Wildman–Crippen MR) is 82.1 cm³/mol. The Labute approximate surface area is 131 Å². The molecule has 122 valence electrons. The molecule has 0 fully saturated rings. The SMILES string of the molecule is C[C@H](OC(=O)[C@H](C)OC(C)(C)C)C(=O)OCc1ccccc1. The molecule has 0 unspecified atom stereocenters. The summed E-state index contributed by atoms with van der Waals surface area (Å²) in [4.78, 5) is 23.7. The van der Waals surface area contributed by atoms with Gasteiger partial charge in [0.05, 0.1) is 5.60 Å². The quantitative estimate of drug-likeness (QED) is 0.756. The Kier molecular flexibility index (Phi) is 6.56. The van der Waals surface area contributed by atoms with Crippen LogP contribution in [0.25, 0.3) is 0 Å². The van der Waals surface area contributed by atoms with Crippen LogP contribution >= 0.6 is 0 Å². The number of carbonyl (C=O) groups excluding carboxylic acids is 2. The Hall–Kier alpha value is -1.88. The van der Waals surface area contributed by atoms with Gasteiger partial charge in [0, 0.05) is 0 Å². The fraction of sp³-hybridized carbons (Fsp3) is 0.529. The van der Waals surface area contributed by atoms with E-state index in [-0.39, 0.29) is 6.61 Å². The van der Waals surface area contributed by atoms with Gasteiger partial charge in [-0.15, -0.1) is 0 Å². The molecule has 0 aromatic heterocycles. The fourth-order valence-electron chi connectivity index (χ4n) is 1.74. The van der Waals surface area contributed by atoms with Gasteiger partial charge in [-0.1, -0.05) is 30.3 Å². The molecule has 0 amide bonds. The number of hydrogen-bond donors (Lipinski definition) is 0. The molecule has 0 spiro atoms. The van der Waals surface area contributed by atoms with Gasteiger partial charge >= 0.3 is 11.9 Å². The van der Waals surface area contributed by atoms with E-state index in [0.29, 0.717) is 0 Å². The monoisotopic (exact) mass is 308 g/mol. The Balaban J connectivity index is 2.42. The summed E-state index contributed by atoms with van der Waals surface area (Å²) in [5, 5.41) is 0. The van der Waals surface area contributed by atoms with Crippen molar-refractivity contribution in [2.24, 2.45) is 0 Å².